The minimum absolute atomic E-state index is 0.506. The fourth-order valence-corrected chi connectivity index (χ4v) is 3.79. The molecular formula is C18H36N2. The fourth-order valence-electron chi connectivity index (χ4n) is 3.79. The standard InChI is InChI=1S/C18H36N2/c1-4-9-17-10-7-8-13-20(17)15-18(5-2,6-3)14-19-16-11-12-16/h16-17,19H,4-15H2,1-3H3. The fraction of sp³-hybridized carbons (Fsp3) is 1.00. The van der Waals surface area contributed by atoms with Crippen LogP contribution in [0.25, 0.3) is 0 Å². The Bertz CT molecular complexity index is 267. The molecule has 1 unspecified atom stereocenters. The van der Waals surface area contributed by atoms with Crippen molar-refractivity contribution in [2.75, 3.05) is 19.6 Å². The van der Waals surface area contributed by atoms with E-state index in [-0.39, 0.29) is 0 Å². The van der Waals surface area contributed by atoms with Crippen LogP contribution in [0, 0.1) is 5.41 Å². The van der Waals surface area contributed by atoms with Crippen LogP contribution in [0.4, 0.5) is 0 Å². The highest BCUT2D eigenvalue weighted by Crippen LogP contribution is 2.32. The van der Waals surface area contributed by atoms with Crippen LogP contribution in [0.15, 0.2) is 0 Å². The second-order valence-corrected chi connectivity index (χ2v) is 7.27. The van der Waals surface area contributed by atoms with Gasteiger partial charge in [-0.3, -0.25) is 4.90 Å². The minimum atomic E-state index is 0.506. The normalized spacial score (nSPS) is 25.1. The van der Waals surface area contributed by atoms with Crippen molar-refractivity contribution in [3.05, 3.63) is 0 Å². The van der Waals surface area contributed by atoms with Gasteiger partial charge in [-0.1, -0.05) is 33.6 Å². The molecule has 0 bridgehead atoms. The molecule has 1 heterocycles. The summed E-state index contributed by atoms with van der Waals surface area (Å²) in [5, 5.41) is 3.81. The first-order valence-electron chi connectivity index (χ1n) is 9.20. The first kappa shape index (κ1) is 16.3. The van der Waals surface area contributed by atoms with E-state index in [0.29, 0.717) is 5.41 Å². The van der Waals surface area contributed by atoms with Crippen molar-refractivity contribution in [1.29, 1.82) is 0 Å². The predicted octanol–water partition coefficient (Wildman–Crippen LogP) is 4.20. The molecule has 0 radical (unpaired) electrons. The van der Waals surface area contributed by atoms with Crippen LogP contribution in [-0.4, -0.2) is 36.6 Å². The molecule has 0 aromatic rings. The van der Waals surface area contributed by atoms with Gasteiger partial charge in [0.05, 0.1) is 0 Å². The van der Waals surface area contributed by atoms with Crippen LogP contribution in [0.5, 0.6) is 0 Å². The second kappa shape index (κ2) is 7.79. The summed E-state index contributed by atoms with van der Waals surface area (Å²) in [6.07, 6.45) is 12.5. The van der Waals surface area contributed by atoms with Crippen LogP contribution < -0.4 is 5.32 Å². The first-order valence-corrected chi connectivity index (χ1v) is 9.20. The Morgan fingerprint density at radius 3 is 2.40 bits per heavy atom. The van der Waals surface area contributed by atoms with Gasteiger partial charge in [-0.25, -0.2) is 0 Å². The van der Waals surface area contributed by atoms with E-state index in [2.05, 4.69) is 31.0 Å². The molecule has 1 saturated heterocycles. The summed E-state index contributed by atoms with van der Waals surface area (Å²) in [5.41, 5.74) is 0.506. The van der Waals surface area contributed by atoms with Gasteiger partial charge in [-0.2, -0.15) is 0 Å². The third-order valence-corrected chi connectivity index (χ3v) is 5.75. The third kappa shape index (κ3) is 4.46. The number of rotatable bonds is 9. The van der Waals surface area contributed by atoms with Crippen molar-refractivity contribution in [2.24, 2.45) is 5.41 Å². The molecule has 1 saturated carbocycles. The van der Waals surface area contributed by atoms with Crippen LogP contribution in [0.1, 0.15) is 78.6 Å². The Balaban J connectivity index is 1.92. The summed E-state index contributed by atoms with van der Waals surface area (Å²) in [6, 6.07) is 1.72. The van der Waals surface area contributed by atoms with Crippen molar-refractivity contribution in [3.8, 4) is 0 Å². The molecule has 2 rings (SSSR count). The van der Waals surface area contributed by atoms with Crippen LogP contribution in [-0.2, 0) is 0 Å². The number of nitrogens with zero attached hydrogens (tertiary/aromatic N) is 1. The Hall–Kier alpha value is -0.0800. The average molecular weight is 281 g/mol. The van der Waals surface area contributed by atoms with Crippen molar-refractivity contribution >= 4 is 0 Å². The highest BCUT2D eigenvalue weighted by Gasteiger charge is 2.34. The second-order valence-electron chi connectivity index (χ2n) is 7.27. The third-order valence-electron chi connectivity index (χ3n) is 5.75. The van der Waals surface area contributed by atoms with Crippen molar-refractivity contribution < 1.29 is 0 Å². The van der Waals surface area contributed by atoms with Crippen LogP contribution in [0.3, 0.4) is 0 Å². The molecule has 0 spiro atoms. The minimum Gasteiger partial charge on any atom is -0.313 e. The van der Waals surface area contributed by atoms with Crippen LogP contribution in [0.2, 0.25) is 0 Å². The van der Waals surface area contributed by atoms with Crippen molar-refractivity contribution in [3.63, 3.8) is 0 Å². The predicted molar refractivity (Wildman–Crippen MR) is 88.2 cm³/mol. The number of hydrogen-bond acceptors (Lipinski definition) is 2. The summed E-state index contributed by atoms with van der Waals surface area (Å²) in [5.74, 6) is 0. The van der Waals surface area contributed by atoms with Crippen molar-refractivity contribution in [2.45, 2.75) is 90.6 Å². The van der Waals surface area contributed by atoms with Gasteiger partial charge >= 0.3 is 0 Å². The van der Waals surface area contributed by atoms with Crippen LogP contribution >= 0.6 is 0 Å². The number of nitrogens with one attached hydrogen (secondary N) is 1. The first-order chi connectivity index (χ1) is 9.73. The molecule has 1 atom stereocenters. The molecule has 0 amide bonds. The Kier molecular flexibility index (Phi) is 6.35. The summed E-state index contributed by atoms with van der Waals surface area (Å²) < 4.78 is 0. The number of hydrogen-bond donors (Lipinski definition) is 1. The van der Waals surface area contributed by atoms with Gasteiger partial charge in [0.15, 0.2) is 0 Å². The summed E-state index contributed by atoms with van der Waals surface area (Å²) >= 11 is 0. The van der Waals surface area contributed by atoms with E-state index in [0.717, 1.165) is 12.1 Å². The lowest BCUT2D eigenvalue weighted by Gasteiger charge is -2.43. The molecule has 0 aromatic carbocycles. The smallest absolute Gasteiger partial charge is 0.00954 e. The molecule has 1 aliphatic carbocycles. The summed E-state index contributed by atoms with van der Waals surface area (Å²) in [4.78, 5) is 2.84. The van der Waals surface area contributed by atoms with E-state index in [1.807, 2.05) is 0 Å². The van der Waals surface area contributed by atoms with E-state index in [9.17, 15) is 0 Å². The Morgan fingerprint density at radius 1 is 1.05 bits per heavy atom. The number of piperidine rings is 1. The number of likely N-dealkylation sites (tertiary alicyclic amines) is 1. The lowest BCUT2D eigenvalue weighted by atomic mass is 9.80. The largest absolute Gasteiger partial charge is 0.313 e. The molecule has 1 aliphatic heterocycles. The SMILES string of the molecule is CCCC1CCCCN1CC(CC)(CC)CNC1CC1. The van der Waals surface area contributed by atoms with Gasteiger partial charge in [-0.05, 0) is 56.9 Å². The highest BCUT2D eigenvalue weighted by atomic mass is 15.2. The molecule has 0 aromatic heterocycles. The van der Waals surface area contributed by atoms with Gasteiger partial charge in [0.25, 0.3) is 0 Å². The van der Waals surface area contributed by atoms with Gasteiger partial charge in [0.1, 0.15) is 0 Å². The van der Waals surface area contributed by atoms with Gasteiger partial charge in [-0.15, -0.1) is 0 Å². The lowest BCUT2D eigenvalue weighted by molar-refractivity contribution is 0.0683. The molecule has 2 aliphatic rings. The monoisotopic (exact) mass is 280 g/mol. The van der Waals surface area contributed by atoms with Gasteiger partial charge in [0, 0.05) is 25.2 Å². The molecule has 2 fully saturated rings. The van der Waals surface area contributed by atoms with E-state index in [1.54, 1.807) is 0 Å². The maximum absolute atomic E-state index is 3.81. The van der Waals surface area contributed by atoms with E-state index < -0.39 is 0 Å². The molecule has 1 N–H and O–H groups in total. The topological polar surface area (TPSA) is 15.3 Å². The molecule has 2 heteroatoms. The van der Waals surface area contributed by atoms with Gasteiger partial charge < -0.3 is 5.32 Å². The van der Waals surface area contributed by atoms with Crippen molar-refractivity contribution in [1.82, 2.24) is 10.2 Å². The maximum Gasteiger partial charge on any atom is 0.00954 e. The molecule has 118 valence electrons. The lowest BCUT2D eigenvalue weighted by Crippen LogP contribution is -2.49. The quantitative estimate of drug-likeness (QED) is 0.681. The molecule has 2 nitrogen and oxygen atoms in total. The Morgan fingerprint density at radius 2 is 1.80 bits per heavy atom. The molecular weight excluding hydrogens is 244 g/mol. The van der Waals surface area contributed by atoms with E-state index in [1.165, 1.54) is 77.4 Å². The zero-order valence-electron chi connectivity index (χ0n) is 14.1. The van der Waals surface area contributed by atoms with E-state index >= 15 is 0 Å². The summed E-state index contributed by atoms with van der Waals surface area (Å²) in [6.45, 7) is 11.0. The highest BCUT2D eigenvalue weighted by molar-refractivity contribution is 4.90. The summed E-state index contributed by atoms with van der Waals surface area (Å²) in [7, 11) is 0. The molecule has 20 heavy (non-hydrogen) atoms. The zero-order chi connectivity index (χ0) is 14.4. The average Bonchev–Trinajstić information content (AvgIpc) is 3.30. The zero-order valence-corrected chi connectivity index (χ0v) is 14.1. The van der Waals surface area contributed by atoms with Gasteiger partial charge in [0.2, 0.25) is 0 Å². The maximum atomic E-state index is 3.81. The van der Waals surface area contributed by atoms with E-state index in [4.69, 9.17) is 0 Å². The Labute approximate surface area is 126 Å².